The first-order valence-electron chi connectivity index (χ1n) is 6.21. The van der Waals surface area contributed by atoms with Crippen LogP contribution in [0.5, 0.6) is 0 Å². The Hall–Kier alpha value is -1.23. The van der Waals surface area contributed by atoms with Crippen molar-refractivity contribution in [1.29, 1.82) is 0 Å². The Bertz CT molecular complexity index is 403. The van der Waals surface area contributed by atoms with Gasteiger partial charge in [0.15, 0.2) is 0 Å². The van der Waals surface area contributed by atoms with Crippen molar-refractivity contribution in [1.82, 2.24) is 9.88 Å². The van der Waals surface area contributed by atoms with Crippen molar-refractivity contribution in [2.24, 2.45) is 0 Å². The molecule has 0 saturated carbocycles. The highest BCUT2D eigenvalue weighted by atomic mass is 19.3. The summed E-state index contributed by atoms with van der Waals surface area (Å²) in [5.41, 5.74) is 2.06. The van der Waals surface area contributed by atoms with E-state index in [1.807, 2.05) is 13.0 Å². The van der Waals surface area contributed by atoms with Crippen LogP contribution in [0.15, 0.2) is 18.5 Å². The smallest absolute Gasteiger partial charge is 0.257 e. The molecule has 0 aliphatic carbocycles. The normalized spacial score (nSPS) is 21.2. The lowest BCUT2D eigenvalue weighted by atomic mass is 10.2. The average Bonchev–Trinajstić information content (AvgIpc) is 2.62. The summed E-state index contributed by atoms with van der Waals surface area (Å²) in [6, 6.07) is 2.25. The van der Waals surface area contributed by atoms with Gasteiger partial charge in [0.1, 0.15) is 0 Å². The minimum absolute atomic E-state index is 0.156. The van der Waals surface area contributed by atoms with Crippen molar-refractivity contribution in [2.75, 3.05) is 25.0 Å². The predicted molar refractivity (Wildman–Crippen MR) is 68.1 cm³/mol. The number of rotatable bonds is 4. The van der Waals surface area contributed by atoms with Crippen LogP contribution in [0.25, 0.3) is 0 Å². The molecule has 18 heavy (non-hydrogen) atoms. The highest BCUT2D eigenvalue weighted by molar-refractivity contribution is 5.43. The SMILES string of the molecule is Cc1cncc(NC2CCN(CC(C)(F)F)C2)c1. The van der Waals surface area contributed by atoms with E-state index in [-0.39, 0.29) is 12.6 Å². The zero-order valence-corrected chi connectivity index (χ0v) is 10.8. The molecule has 100 valence electrons. The summed E-state index contributed by atoms with van der Waals surface area (Å²) in [6.07, 6.45) is 4.46. The number of anilines is 1. The van der Waals surface area contributed by atoms with Crippen molar-refractivity contribution >= 4 is 5.69 Å². The number of hydrogen-bond acceptors (Lipinski definition) is 3. The standard InChI is InChI=1S/C13H19F2N3/c1-10-5-12(7-16-6-10)17-11-3-4-18(8-11)9-13(2,14)15/h5-7,11,17H,3-4,8-9H2,1-2H3. The van der Waals surface area contributed by atoms with Gasteiger partial charge in [-0.15, -0.1) is 0 Å². The molecule has 1 aliphatic heterocycles. The number of likely N-dealkylation sites (tertiary alicyclic amines) is 1. The molecule has 1 saturated heterocycles. The second-order valence-corrected chi connectivity index (χ2v) is 5.19. The first kappa shape index (κ1) is 13.2. The van der Waals surface area contributed by atoms with Crippen LogP contribution in [0.3, 0.4) is 0 Å². The molecular weight excluding hydrogens is 236 g/mol. The summed E-state index contributed by atoms with van der Waals surface area (Å²) in [4.78, 5) is 5.92. The number of nitrogens with one attached hydrogen (secondary N) is 1. The number of alkyl halides is 2. The molecular formula is C13H19F2N3. The molecule has 0 radical (unpaired) electrons. The van der Waals surface area contributed by atoms with Crippen LogP contribution in [0.2, 0.25) is 0 Å². The Morgan fingerprint density at radius 2 is 2.28 bits per heavy atom. The van der Waals surface area contributed by atoms with Gasteiger partial charge < -0.3 is 5.32 Å². The number of halogens is 2. The van der Waals surface area contributed by atoms with Gasteiger partial charge >= 0.3 is 0 Å². The van der Waals surface area contributed by atoms with Gasteiger partial charge in [-0.25, -0.2) is 8.78 Å². The molecule has 2 rings (SSSR count). The Morgan fingerprint density at radius 3 is 2.94 bits per heavy atom. The lowest BCUT2D eigenvalue weighted by Crippen LogP contribution is -2.35. The fraction of sp³-hybridized carbons (Fsp3) is 0.615. The lowest BCUT2D eigenvalue weighted by molar-refractivity contribution is -0.00868. The van der Waals surface area contributed by atoms with Crippen LogP contribution < -0.4 is 5.32 Å². The highest BCUT2D eigenvalue weighted by Gasteiger charge is 2.30. The van der Waals surface area contributed by atoms with Crippen molar-refractivity contribution in [3.05, 3.63) is 24.0 Å². The van der Waals surface area contributed by atoms with E-state index in [0.29, 0.717) is 6.54 Å². The molecule has 0 amide bonds. The molecule has 1 atom stereocenters. The van der Waals surface area contributed by atoms with Crippen LogP contribution in [-0.4, -0.2) is 41.5 Å². The van der Waals surface area contributed by atoms with Crippen molar-refractivity contribution in [3.8, 4) is 0 Å². The highest BCUT2D eigenvalue weighted by Crippen LogP contribution is 2.20. The second-order valence-electron chi connectivity index (χ2n) is 5.19. The Labute approximate surface area is 106 Å². The predicted octanol–water partition coefficient (Wildman–Crippen LogP) is 2.53. The number of aryl methyl sites for hydroxylation is 1. The van der Waals surface area contributed by atoms with Gasteiger partial charge in [-0.2, -0.15) is 0 Å². The van der Waals surface area contributed by atoms with Gasteiger partial charge in [0.05, 0.1) is 12.2 Å². The number of hydrogen-bond donors (Lipinski definition) is 1. The molecule has 2 heterocycles. The summed E-state index contributed by atoms with van der Waals surface area (Å²) >= 11 is 0. The van der Waals surface area contributed by atoms with E-state index in [9.17, 15) is 8.78 Å². The molecule has 1 aromatic rings. The molecule has 1 unspecified atom stereocenters. The monoisotopic (exact) mass is 255 g/mol. The number of aromatic nitrogens is 1. The first-order chi connectivity index (χ1) is 8.42. The molecule has 1 N–H and O–H groups in total. The van der Waals surface area contributed by atoms with Crippen LogP contribution in [0.1, 0.15) is 18.9 Å². The van der Waals surface area contributed by atoms with Gasteiger partial charge in [0, 0.05) is 38.4 Å². The molecule has 1 fully saturated rings. The molecule has 5 heteroatoms. The van der Waals surface area contributed by atoms with Gasteiger partial charge in [0.25, 0.3) is 5.92 Å². The quantitative estimate of drug-likeness (QED) is 0.896. The van der Waals surface area contributed by atoms with E-state index >= 15 is 0 Å². The van der Waals surface area contributed by atoms with Crippen LogP contribution >= 0.6 is 0 Å². The van der Waals surface area contributed by atoms with Gasteiger partial charge in [-0.3, -0.25) is 9.88 Å². The largest absolute Gasteiger partial charge is 0.380 e. The Balaban J connectivity index is 1.86. The molecule has 1 aromatic heterocycles. The van der Waals surface area contributed by atoms with Gasteiger partial charge in [0.2, 0.25) is 0 Å². The summed E-state index contributed by atoms with van der Waals surface area (Å²) < 4.78 is 25.8. The summed E-state index contributed by atoms with van der Waals surface area (Å²) in [7, 11) is 0. The third kappa shape index (κ3) is 3.91. The summed E-state index contributed by atoms with van der Waals surface area (Å²) in [6.45, 7) is 4.18. The van der Waals surface area contributed by atoms with Crippen LogP contribution in [0.4, 0.5) is 14.5 Å². The zero-order chi connectivity index (χ0) is 13.2. The van der Waals surface area contributed by atoms with Crippen LogP contribution in [-0.2, 0) is 0 Å². The maximum Gasteiger partial charge on any atom is 0.257 e. The van der Waals surface area contributed by atoms with Gasteiger partial charge in [-0.1, -0.05) is 0 Å². The van der Waals surface area contributed by atoms with Crippen molar-refractivity contribution < 1.29 is 8.78 Å². The Kier molecular flexibility index (Phi) is 3.80. The van der Waals surface area contributed by atoms with E-state index in [2.05, 4.69) is 10.3 Å². The zero-order valence-electron chi connectivity index (χ0n) is 10.8. The van der Waals surface area contributed by atoms with E-state index in [0.717, 1.165) is 31.1 Å². The van der Waals surface area contributed by atoms with Crippen molar-refractivity contribution in [3.63, 3.8) is 0 Å². The average molecular weight is 255 g/mol. The topological polar surface area (TPSA) is 28.2 Å². The minimum Gasteiger partial charge on any atom is -0.380 e. The Morgan fingerprint density at radius 1 is 1.50 bits per heavy atom. The van der Waals surface area contributed by atoms with E-state index < -0.39 is 5.92 Å². The molecule has 0 aromatic carbocycles. The molecule has 3 nitrogen and oxygen atoms in total. The maximum absolute atomic E-state index is 12.9. The third-order valence-electron chi connectivity index (χ3n) is 3.02. The van der Waals surface area contributed by atoms with Gasteiger partial charge in [-0.05, 0) is 25.0 Å². The third-order valence-corrected chi connectivity index (χ3v) is 3.02. The van der Waals surface area contributed by atoms with E-state index in [1.54, 1.807) is 17.3 Å². The summed E-state index contributed by atoms with van der Waals surface area (Å²) in [5.74, 6) is -2.61. The molecule has 1 aliphatic rings. The molecule has 0 bridgehead atoms. The summed E-state index contributed by atoms with van der Waals surface area (Å²) in [5, 5.41) is 3.35. The van der Waals surface area contributed by atoms with Crippen molar-refractivity contribution in [2.45, 2.75) is 32.2 Å². The fourth-order valence-electron chi connectivity index (χ4n) is 2.36. The van der Waals surface area contributed by atoms with E-state index in [4.69, 9.17) is 0 Å². The fourth-order valence-corrected chi connectivity index (χ4v) is 2.36. The number of nitrogens with zero attached hydrogens (tertiary/aromatic N) is 2. The van der Waals surface area contributed by atoms with E-state index in [1.165, 1.54) is 0 Å². The second kappa shape index (κ2) is 5.18. The minimum atomic E-state index is -2.61. The van der Waals surface area contributed by atoms with Crippen LogP contribution in [0, 0.1) is 6.92 Å². The first-order valence-corrected chi connectivity index (χ1v) is 6.21. The number of pyridine rings is 1. The molecule has 0 spiro atoms. The lowest BCUT2D eigenvalue weighted by Gasteiger charge is -2.20. The maximum atomic E-state index is 12.9.